The Balaban J connectivity index is 1.53. The molecule has 3 amide bonds. The number of nitrogens with zero attached hydrogens (tertiary/aromatic N) is 3. The lowest BCUT2D eigenvalue weighted by atomic mass is 10.1. The number of aromatic nitrogens is 3. The number of anilines is 2. The maximum absolute atomic E-state index is 13.6. The number of halogens is 1. The maximum Gasteiger partial charge on any atom is 0.326 e. The molecule has 1 aromatic carbocycles. The molecule has 158 valence electrons. The van der Waals surface area contributed by atoms with E-state index in [1.54, 1.807) is 16.8 Å². The van der Waals surface area contributed by atoms with Crippen LogP contribution in [0.4, 0.5) is 20.8 Å². The molecule has 2 aliphatic rings. The first-order chi connectivity index (χ1) is 15.0. The lowest BCUT2D eigenvalue weighted by molar-refractivity contribution is -0.115. The Bertz CT molecular complexity index is 1230. The molecule has 1 saturated carbocycles. The van der Waals surface area contributed by atoms with Crippen LogP contribution in [0.15, 0.2) is 42.2 Å². The summed E-state index contributed by atoms with van der Waals surface area (Å²) in [5.74, 6) is 0.528. The van der Waals surface area contributed by atoms with Crippen LogP contribution in [0.1, 0.15) is 36.9 Å². The molecule has 1 aliphatic carbocycles. The van der Waals surface area contributed by atoms with E-state index in [1.807, 2.05) is 19.1 Å². The molecule has 9 nitrogen and oxygen atoms in total. The molecular formula is C21H20FN7O2. The summed E-state index contributed by atoms with van der Waals surface area (Å²) in [7, 11) is 0. The molecule has 31 heavy (non-hydrogen) atoms. The van der Waals surface area contributed by atoms with Gasteiger partial charge in [0.1, 0.15) is 23.1 Å². The van der Waals surface area contributed by atoms with Crippen molar-refractivity contribution in [3.63, 3.8) is 0 Å². The number of rotatable bonds is 6. The Kier molecular flexibility index (Phi) is 4.54. The molecule has 3 heterocycles. The van der Waals surface area contributed by atoms with E-state index in [0.29, 0.717) is 23.1 Å². The normalized spacial score (nSPS) is 18.2. The number of urea groups is 1. The quantitative estimate of drug-likeness (QED) is 0.360. The highest BCUT2D eigenvalue weighted by molar-refractivity contribution is 6.14. The second-order valence-corrected chi connectivity index (χ2v) is 7.67. The third-order valence-electron chi connectivity index (χ3n) is 5.16. The highest BCUT2D eigenvalue weighted by Crippen LogP contribution is 2.29. The number of imide groups is 1. The molecule has 3 aromatic rings. The van der Waals surface area contributed by atoms with Gasteiger partial charge in [-0.1, -0.05) is 12.1 Å². The first kappa shape index (κ1) is 19.0. The minimum absolute atomic E-state index is 0.130. The third-order valence-corrected chi connectivity index (χ3v) is 5.16. The highest BCUT2D eigenvalue weighted by atomic mass is 19.1. The van der Waals surface area contributed by atoms with Crippen molar-refractivity contribution in [2.24, 2.45) is 0 Å². The zero-order valence-corrected chi connectivity index (χ0v) is 16.6. The molecule has 1 aliphatic heterocycles. The number of hydrogen-bond acceptors (Lipinski definition) is 6. The topological polar surface area (TPSA) is 112 Å². The van der Waals surface area contributed by atoms with Crippen LogP contribution in [-0.4, -0.2) is 32.6 Å². The second kappa shape index (κ2) is 7.38. The summed E-state index contributed by atoms with van der Waals surface area (Å²) in [5, 5.41) is 15.8. The van der Waals surface area contributed by atoms with E-state index in [4.69, 9.17) is 0 Å². The van der Waals surface area contributed by atoms with Crippen LogP contribution in [0, 0.1) is 5.82 Å². The molecule has 1 saturated heterocycles. The van der Waals surface area contributed by atoms with Gasteiger partial charge in [0, 0.05) is 17.7 Å². The number of hydrogen-bond donors (Lipinski definition) is 4. The van der Waals surface area contributed by atoms with Gasteiger partial charge in [-0.3, -0.25) is 10.1 Å². The average molecular weight is 421 g/mol. The lowest BCUT2D eigenvalue weighted by Gasteiger charge is -2.17. The summed E-state index contributed by atoms with van der Waals surface area (Å²) in [6, 6.07) is 7.88. The molecule has 0 spiro atoms. The van der Waals surface area contributed by atoms with E-state index < -0.39 is 11.9 Å². The summed E-state index contributed by atoms with van der Waals surface area (Å²) in [6.45, 7) is 1.92. The molecule has 5 rings (SSSR count). The number of benzene rings is 1. The van der Waals surface area contributed by atoms with E-state index in [1.165, 1.54) is 18.2 Å². The van der Waals surface area contributed by atoms with Gasteiger partial charge < -0.3 is 16.0 Å². The van der Waals surface area contributed by atoms with Gasteiger partial charge in [0.05, 0.1) is 12.2 Å². The largest absolute Gasteiger partial charge is 0.367 e. The van der Waals surface area contributed by atoms with E-state index in [-0.39, 0.29) is 17.6 Å². The summed E-state index contributed by atoms with van der Waals surface area (Å²) in [5.41, 5.74) is 2.01. The van der Waals surface area contributed by atoms with Gasteiger partial charge in [-0.15, -0.1) is 0 Å². The fourth-order valence-corrected chi connectivity index (χ4v) is 3.41. The summed E-state index contributed by atoms with van der Waals surface area (Å²) in [6.07, 6.45) is 5.29. The summed E-state index contributed by atoms with van der Waals surface area (Å²) in [4.78, 5) is 28.0. The van der Waals surface area contributed by atoms with Gasteiger partial charge >= 0.3 is 6.03 Å². The van der Waals surface area contributed by atoms with Crippen LogP contribution in [-0.2, 0) is 4.79 Å². The standard InChI is InChI=1S/C21H20FN7O2/c1-11(12-3-2-4-14(22)7-12)24-17-9-18(25-15-5-6-15)29-19(27-17)13(10-23-29)8-16-20(30)28-21(31)26-16/h2-4,7-11,15,25H,5-6H2,1H3,(H,24,27)(H2,26,28,30,31)/b16-8-. The zero-order chi connectivity index (χ0) is 21.5. The van der Waals surface area contributed by atoms with Gasteiger partial charge in [-0.25, -0.2) is 14.2 Å². The Morgan fingerprint density at radius 2 is 2.10 bits per heavy atom. The number of amides is 3. The van der Waals surface area contributed by atoms with Crippen molar-refractivity contribution >= 4 is 35.3 Å². The van der Waals surface area contributed by atoms with Crippen molar-refractivity contribution in [2.45, 2.75) is 31.8 Å². The molecule has 1 unspecified atom stereocenters. The smallest absolute Gasteiger partial charge is 0.326 e. The maximum atomic E-state index is 13.6. The molecule has 0 radical (unpaired) electrons. The van der Waals surface area contributed by atoms with Crippen molar-refractivity contribution in [2.75, 3.05) is 10.6 Å². The molecule has 2 fully saturated rings. The van der Waals surface area contributed by atoms with Gasteiger partial charge in [-0.05, 0) is 43.5 Å². The first-order valence-corrected chi connectivity index (χ1v) is 9.97. The van der Waals surface area contributed by atoms with E-state index in [0.717, 1.165) is 24.2 Å². The van der Waals surface area contributed by atoms with Crippen LogP contribution in [0.3, 0.4) is 0 Å². The van der Waals surface area contributed by atoms with Gasteiger partial charge in [0.25, 0.3) is 5.91 Å². The second-order valence-electron chi connectivity index (χ2n) is 7.67. The predicted molar refractivity (Wildman–Crippen MR) is 113 cm³/mol. The van der Waals surface area contributed by atoms with Gasteiger partial charge in [0.2, 0.25) is 0 Å². The van der Waals surface area contributed by atoms with Crippen LogP contribution in [0.25, 0.3) is 11.7 Å². The van der Waals surface area contributed by atoms with Crippen LogP contribution < -0.4 is 21.3 Å². The molecule has 10 heteroatoms. The average Bonchev–Trinajstić information content (AvgIpc) is 3.37. The monoisotopic (exact) mass is 421 g/mol. The van der Waals surface area contributed by atoms with Crippen LogP contribution in [0.5, 0.6) is 0 Å². The predicted octanol–water partition coefficient (Wildman–Crippen LogP) is 2.80. The van der Waals surface area contributed by atoms with E-state index in [2.05, 4.69) is 31.3 Å². The van der Waals surface area contributed by atoms with E-state index in [9.17, 15) is 14.0 Å². The van der Waals surface area contributed by atoms with E-state index >= 15 is 0 Å². The lowest BCUT2D eigenvalue weighted by Crippen LogP contribution is -2.22. The highest BCUT2D eigenvalue weighted by Gasteiger charge is 2.25. The molecule has 4 N–H and O–H groups in total. The number of fused-ring (bicyclic) bond motifs is 1. The van der Waals surface area contributed by atoms with Crippen LogP contribution in [0.2, 0.25) is 0 Å². The third kappa shape index (κ3) is 3.91. The number of carbonyl (C=O) groups excluding carboxylic acids is 2. The minimum Gasteiger partial charge on any atom is -0.367 e. The SMILES string of the molecule is CC(Nc1cc(NC2CC2)n2ncc(/C=C3\NC(=O)NC3=O)c2n1)c1cccc(F)c1. The Labute approximate surface area is 176 Å². The van der Waals surface area contributed by atoms with Crippen molar-refractivity contribution in [1.82, 2.24) is 25.2 Å². The van der Waals surface area contributed by atoms with Crippen molar-refractivity contribution in [3.8, 4) is 0 Å². The Morgan fingerprint density at radius 1 is 1.26 bits per heavy atom. The molecular weight excluding hydrogens is 401 g/mol. The van der Waals surface area contributed by atoms with Crippen molar-refractivity contribution < 1.29 is 14.0 Å². The number of carbonyl (C=O) groups is 2. The number of nitrogens with one attached hydrogen (secondary N) is 4. The van der Waals surface area contributed by atoms with Crippen molar-refractivity contribution in [3.05, 3.63) is 59.2 Å². The Morgan fingerprint density at radius 3 is 2.81 bits per heavy atom. The summed E-state index contributed by atoms with van der Waals surface area (Å²) < 4.78 is 15.3. The molecule has 0 bridgehead atoms. The van der Waals surface area contributed by atoms with Crippen molar-refractivity contribution in [1.29, 1.82) is 0 Å². The molecule has 1 atom stereocenters. The first-order valence-electron chi connectivity index (χ1n) is 9.97. The summed E-state index contributed by atoms with van der Waals surface area (Å²) >= 11 is 0. The van der Waals surface area contributed by atoms with Gasteiger partial charge in [-0.2, -0.15) is 9.61 Å². The zero-order valence-electron chi connectivity index (χ0n) is 16.6. The van der Waals surface area contributed by atoms with Crippen LogP contribution >= 0.6 is 0 Å². The minimum atomic E-state index is -0.567. The Hall–Kier alpha value is -3.95. The van der Waals surface area contributed by atoms with Gasteiger partial charge in [0.15, 0.2) is 5.65 Å². The molecule has 2 aromatic heterocycles. The fraction of sp³-hybridized carbons (Fsp3) is 0.238. The fourth-order valence-electron chi connectivity index (χ4n) is 3.41.